The van der Waals surface area contributed by atoms with Crippen molar-refractivity contribution in [3.8, 4) is 0 Å². The maximum atomic E-state index is 13.3. The predicted octanol–water partition coefficient (Wildman–Crippen LogP) is 1.80. The molecular weight excluding hydrogens is 354 g/mol. The van der Waals surface area contributed by atoms with Crippen molar-refractivity contribution in [3.63, 3.8) is 0 Å². The van der Waals surface area contributed by atoms with E-state index in [4.69, 9.17) is 0 Å². The van der Waals surface area contributed by atoms with Gasteiger partial charge in [0.1, 0.15) is 0 Å². The molecule has 0 aliphatic carbocycles. The first-order valence-electron chi connectivity index (χ1n) is 10.4. The average Bonchev–Trinajstić information content (AvgIpc) is 3.16. The largest absolute Gasteiger partial charge is 0.345 e. The monoisotopic (exact) mass is 385 g/mol. The minimum atomic E-state index is -0.381. The summed E-state index contributed by atoms with van der Waals surface area (Å²) in [6.07, 6.45) is 6.75. The molecule has 4 rings (SSSR count). The molecule has 0 bridgehead atoms. The Morgan fingerprint density at radius 3 is 2.36 bits per heavy atom. The van der Waals surface area contributed by atoms with Gasteiger partial charge in [0.25, 0.3) is 0 Å². The molecule has 1 atom stereocenters. The lowest BCUT2D eigenvalue weighted by Crippen LogP contribution is -2.53. The van der Waals surface area contributed by atoms with Gasteiger partial charge in [-0.05, 0) is 31.2 Å². The van der Waals surface area contributed by atoms with Gasteiger partial charge in [-0.25, -0.2) is 9.97 Å². The summed E-state index contributed by atoms with van der Waals surface area (Å²) in [7, 11) is 1.91. The molecule has 0 unspecified atom stereocenters. The Morgan fingerprint density at radius 2 is 1.79 bits per heavy atom. The molecule has 152 valence electrons. The van der Waals surface area contributed by atoms with Crippen LogP contribution in [0.4, 0.5) is 5.95 Å². The molecule has 3 fully saturated rings. The summed E-state index contributed by atoms with van der Waals surface area (Å²) in [5, 5.41) is 0. The molecule has 0 aromatic carbocycles. The number of carbonyl (C=O) groups is 2. The summed E-state index contributed by atoms with van der Waals surface area (Å²) in [5.41, 5.74) is -0.489. The van der Waals surface area contributed by atoms with Gasteiger partial charge < -0.3 is 14.7 Å². The number of hydrogen-bond donors (Lipinski definition) is 0. The first kappa shape index (κ1) is 19.2. The third-order valence-corrected chi connectivity index (χ3v) is 7.09. The number of anilines is 1. The topological polar surface area (TPSA) is 69.6 Å². The molecule has 0 N–H and O–H groups in total. The van der Waals surface area contributed by atoms with Gasteiger partial charge in [0.2, 0.25) is 17.8 Å². The molecule has 2 spiro atoms. The molecule has 1 aromatic rings. The van der Waals surface area contributed by atoms with Gasteiger partial charge in [-0.3, -0.25) is 9.59 Å². The summed E-state index contributed by atoms with van der Waals surface area (Å²) in [6.45, 7) is 7.94. The third-order valence-electron chi connectivity index (χ3n) is 7.09. The maximum Gasteiger partial charge on any atom is 0.231 e. The van der Waals surface area contributed by atoms with E-state index < -0.39 is 0 Å². The summed E-state index contributed by atoms with van der Waals surface area (Å²) >= 11 is 0. The minimum absolute atomic E-state index is 0.108. The number of nitrogens with zero attached hydrogens (tertiary/aromatic N) is 5. The van der Waals surface area contributed by atoms with Gasteiger partial charge >= 0.3 is 0 Å². The molecule has 28 heavy (non-hydrogen) atoms. The van der Waals surface area contributed by atoms with E-state index in [1.165, 1.54) is 0 Å². The Labute approximate surface area is 167 Å². The van der Waals surface area contributed by atoms with Gasteiger partial charge in [0.05, 0.1) is 5.41 Å². The van der Waals surface area contributed by atoms with Crippen LogP contribution in [0, 0.1) is 16.7 Å². The summed E-state index contributed by atoms with van der Waals surface area (Å²) in [6, 6.07) is 1.82. The molecule has 7 nitrogen and oxygen atoms in total. The highest BCUT2D eigenvalue weighted by atomic mass is 16.2. The van der Waals surface area contributed by atoms with E-state index in [9.17, 15) is 9.59 Å². The summed E-state index contributed by atoms with van der Waals surface area (Å²) < 4.78 is 0. The number of aromatic nitrogens is 2. The molecular formula is C21H31N5O2. The van der Waals surface area contributed by atoms with Crippen LogP contribution in [-0.4, -0.2) is 71.4 Å². The number of piperidine rings is 1. The van der Waals surface area contributed by atoms with Crippen molar-refractivity contribution < 1.29 is 9.59 Å². The van der Waals surface area contributed by atoms with Crippen LogP contribution in [0.3, 0.4) is 0 Å². The van der Waals surface area contributed by atoms with Crippen molar-refractivity contribution >= 4 is 17.8 Å². The van der Waals surface area contributed by atoms with E-state index in [1.807, 2.05) is 22.9 Å². The van der Waals surface area contributed by atoms with E-state index in [0.29, 0.717) is 24.8 Å². The number of rotatable bonds is 3. The number of likely N-dealkylation sites (tertiary alicyclic amines) is 2. The highest BCUT2D eigenvalue weighted by Gasteiger charge is 2.65. The van der Waals surface area contributed by atoms with Gasteiger partial charge in [-0.1, -0.05) is 13.8 Å². The molecule has 2 amide bonds. The molecule has 0 radical (unpaired) electrons. The van der Waals surface area contributed by atoms with Crippen LogP contribution in [0.1, 0.15) is 39.5 Å². The lowest BCUT2D eigenvalue weighted by molar-refractivity contribution is -0.143. The Hall–Kier alpha value is -2.18. The predicted molar refractivity (Wildman–Crippen MR) is 107 cm³/mol. The molecule has 0 saturated carbocycles. The maximum absolute atomic E-state index is 13.3. The van der Waals surface area contributed by atoms with Crippen LogP contribution in [0.2, 0.25) is 0 Å². The van der Waals surface area contributed by atoms with Crippen LogP contribution in [0.5, 0.6) is 0 Å². The van der Waals surface area contributed by atoms with Crippen molar-refractivity contribution in [2.45, 2.75) is 39.5 Å². The molecule has 7 heteroatoms. The Kier molecular flexibility index (Phi) is 4.79. The van der Waals surface area contributed by atoms with Crippen LogP contribution >= 0.6 is 0 Å². The van der Waals surface area contributed by atoms with Crippen LogP contribution < -0.4 is 4.90 Å². The summed E-state index contributed by atoms with van der Waals surface area (Å²) in [4.78, 5) is 40.8. The second-order valence-electron chi connectivity index (χ2n) is 9.22. The lowest BCUT2D eigenvalue weighted by atomic mass is 9.60. The van der Waals surface area contributed by atoms with E-state index in [-0.39, 0.29) is 22.6 Å². The third kappa shape index (κ3) is 2.95. The van der Waals surface area contributed by atoms with Gasteiger partial charge in [-0.2, -0.15) is 0 Å². The quantitative estimate of drug-likeness (QED) is 0.794. The SMILES string of the molecule is CC(C)CC(=O)N1CCC2(CC1)CN(c1ncccn1)C[C@@]21CCN(C)C1=O. The lowest BCUT2D eigenvalue weighted by Gasteiger charge is -2.46. The van der Waals surface area contributed by atoms with Crippen molar-refractivity contribution in [1.82, 2.24) is 19.8 Å². The molecule has 4 heterocycles. The fourth-order valence-corrected chi connectivity index (χ4v) is 5.53. The van der Waals surface area contributed by atoms with Crippen LogP contribution in [0.15, 0.2) is 18.5 Å². The number of carbonyl (C=O) groups excluding carboxylic acids is 2. The highest BCUT2D eigenvalue weighted by molar-refractivity contribution is 5.87. The second-order valence-corrected chi connectivity index (χ2v) is 9.22. The first-order chi connectivity index (χ1) is 13.4. The molecule has 3 saturated heterocycles. The van der Waals surface area contributed by atoms with Crippen molar-refractivity contribution in [2.75, 3.05) is 44.7 Å². The fourth-order valence-electron chi connectivity index (χ4n) is 5.53. The van der Waals surface area contributed by atoms with E-state index in [2.05, 4.69) is 28.7 Å². The zero-order valence-corrected chi connectivity index (χ0v) is 17.2. The normalized spacial score (nSPS) is 26.9. The standard InChI is InChI=1S/C21H31N5O2/c1-16(2)13-17(27)25-11-5-20(6-12-25)14-26(19-22-8-4-9-23-19)15-21(20)7-10-24(3)18(21)28/h4,8-9,16H,5-7,10-15H2,1-3H3/t21-/m1/s1. The smallest absolute Gasteiger partial charge is 0.231 e. The van der Waals surface area contributed by atoms with Gasteiger partial charge in [0.15, 0.2) is 0 Å². The molecule has 3 aliphatic heterocycles. The zero-order valence-electron chi connectivity index (χ0n) is 17.2. The van der Waals surface area contributed by atoms with Crippen LogP contribution in [-0.2, 0) is 9.59 Å². The van der Waals surface area contributed by atoms with E-state index in [0.717, 1.165) is 45.4 Å². The first-order valence-corrected chi connectivity index (χ1v) is 10.4. The Bertz CT molecular complexity index is 744. The van der Waals surface area contributed by atoms with Crippen molar-refractivity contribution in [2.24, 2.45) is 16.7 Å². The summed E-state index contributed by atoms with van der Waals surface area (Å²) in [5.74, 6) is 1.58. The fraction of sp³-hybridized carbons (Fsp3) is 0.714. The molecule has 3 aliphatic rings. The molecule has 1 aromatic heterocycles. The van der Waals surface area contributed by atoms with Crippen molar-refractivity contribution in [3.05, 3.63) is 18.5 Å². The Morgan fingerprint density at radius 1 is 1.11 bits per heavy atom. The average molecular weight is 386 g/mol. The number of amides is 2. The Balaban J connectivity index is 1.59. The van der Waals surface area contributed by atoms with Crippen molar-refractivity contribution in [1.29, 1.82) is 0 Å². The van der Waals surface area contributed by atoms with E-state index >= 15 is 0 Å². The van der Waals surface area contributed by atoms with Gasteiger partial charge in [0, 0.05) is 64.0 Å². The number of hydrogen-bond acceptors (Lipinski definition) is 5. The number of fused-ring (bicyclic) bond motifs is 1. The van der Waals surface area contributed by atoms with Gasteiger partial charge in [-0.15, -0.1) is 0 Å². The minimum Gasteiger partial charge on any atom is -0.345 e. The highest BCUT2D eigenvalue weighted by Crippen LogP contribution is 2.58. The zero-order chi connectivity index (χ0) is 19.9. The van der Waals surface area contributed by atoms with E-state index in [1.54, 1.807) is 12.4 Å². The second kappa shape index (κ2) is 7.01. The van der Waals surface area contributed by atoms with Crippen LogP contribution in [0.25, 0.3) is 0 Å².